The van der Waals surface area contributed by atoms with Crippen molar-refractivity contribution in [3.8, 4) is 0 Å². The highest BCUT2D eigenvalue weighted by molar-refractivity contribution is 5.06. The summed E-state index contributed by atoms with van der Waals surface area (Å²) in [4.78, 5) is -5.25. The van der Waals surface area contributed by atoms with E-state index in [0.717, 1.165) is 6.92 Å². The van der Waals surface area contributed by atoms with Gasteiger partial charge in [0.1, 0.15) is 0 Å². The van der Waals surface area contributed by atoms with Crippen LogP contribution in [0.15, 0.2) is 0 Å². The number of halogens is 20. The molecule has 0 rings (SSSR count). The molecule has 0 bridgehead atoms. The molecule has 0 saturated carbocycles. The van der Waals surface area contributed by atoms with Gasteiger partial charge in [0.05, 0.1) is 6.61 Å². The normalized spacial score (nSPS) is 16.4. The third kappa shape index (κ3) is 4.66. The highest BCUT2D eigenvalue weighted by Gasteiger charge is 2.92. The van der Waals surface area contributed by atoms with Crippen molar-refractivity contribution in [1.82, 2.24) is 4.90 Å². The van der Waals surface area contributed by atoms with E-state index in [9.17, 15) is 87.8 Å². The molecule has 0 aliphatic rings. The second-order valence-corrected chi connectivity index (χ2v) is 6.04. The fourth-order valence-corrected chi connectivity index (χ4v) is 1.79. The van der Waals surface area contributed by atoms with Crippen molar-refractivity contribution in [3.05, 3.63) is 0 Å². The quantitative estimate of drug-likeness (QED) is 0.208. The van der Waals surface area contributed by atoms with Gasteiger partial charge in [-0.1, -0.05) is 6.92 Å². The molecule has 0 heterocycles. The van der Waals surface area contributed by atoms with Crippen LogP contribution in [-0.4, -0.2) is 65.9 Å². The molecular weight excluding hydrogens is 554 g/mol. The maximum Gasteiger partial charge on any atom is 0.461 e. The third-order valence-electron chi connectivity index (χ3n) is 3.54. The molecule has 0 amide bonds. The Bertz CT molecular complexity index is 667. The maximum absolute atomic E-state index is 13.9. The Morgan fingerprint density at radius 1 is 0.471 bits per heavy atom. The topological polar surface area (TPSA) is 12.5 Å². The van der Waals surface area contributed by atoms with Gasteiger partial charge < -0.3 is 4.74 Å². The van der Waals surface area contributed by atoms with Crippen LogP contribution in [0.1, 0.15) is 13.3 Å². The molecule has 34 heavy (non-hydrogen) atoms. The Morgan fingerprint density at radius 2 is 0.735 bits per heavy atom. The maximum atomic E-state index is 13.9. The lowest BCUT2D eigenvalue weighted by atomic mass is 10.1. The Morgan fingerprint density at radius 3 is 0.971 bits per heavy atom. The number of nitrogens with zero attached hydrogens (tertiary/aromatic N) is 1. The van der Waals surface area contributed by atoms with E-state index in [2.05, 4.69) is 4.74 Å². The molecule has 0 aromatic heterocycles. The molecule has 0 spiro atoms. The van der Waals surface area contributed by atoms with Gasteiger partial charge in [0.25, 0.3) is 0 Å². The SMILES string of the molecule is CCCOC(F)(F)C(F)(F)C(F)(F)N(C(F)(F)C(F)(F)C(F)(F)F)C(F)(F)C(F)(F)C(F)(F)F. The van der Waals surface area contributed by atoms with Crippen molar-refractivity contribution < 1.29 is 92.5 Å². The smallest absolute Gasteiger partial charge is 0.315 e. The largest absolute Gasteiger partial charge is 0.461 e. The van der Waals surface area contributed by atoms with Gasteiger partial charge in [-0.05, 0) is 6.42 Å². The molecule has 0 atom stereocenters. The van der Waals surface area contributed by atoms with E-state index in [0.29, 0.717) is 0 Å². The third-order valence-corrected chi connectivity index (χ3v) is 3.54. The highest BCUT2D eigenvalue weighted by atomic mass is 19.4. The standard InChI is InChI=1S/C12H7F20NO/c1-2-3-34-12(31,32)6(17,18)11(29,30)33(9(25,26)4(13,14)7(19,20)21)10(27,28)5(15,16)8(22,23)24/h2-3H2,1H3. The Hall–Kier alpha value is -1.48. The van der Waals surface area contributed by atoms with Crippen LogP contribution in [0.25, 0.3) is 0 Å². The monoisotopic (exact) mass is 561 g/mol. The number of hydrogen-bond acceptors (Lipinski definition) is 2. The Balaban J connectivity index is 7.51. The van der Waals surface area contributed by atoms with Gasteiger partial charge in [0, 0.05) is 0 Å². The van der Waals surface area contributed by atoms with E-state index < -0.39 is 72.3 Å². The molecular formula is C12H7F20NO. The zero-order valence-corrected chi connectivity index (χ0v) is 15.3. The first-order valence-corrected chi connectivity index (χ1v) is 7.65. The Kier molecular flexibility index (Phi) is 8.20. The lowest BCUT2D eigenvalue weighted by Gasteiger charge is -2.47. The summed E-state index contributed by atoms with van der Waals surface area (Å²) in [5.41, 5.74) is 0. The first-order chi connectivity index (χ1) is 14.4. The van der Waals surface area contributed by atoms with E-state index in [1.54, 1.807) is 0 Å². The van der Waals surface area contributed by atoms with Gasteiger partial charge in [-0.25, -0.2) is 0 Å². The predicted molar refractivity (Wildman–Crippen MR) is 64.8 cm³/mol. The molecule has 0 aromatic rings. The second-order valence-electron chi connectivity index (χ2n) is 6.04. The summed E-state index contributed by atoms with van der Waals surface area (Å²) in [6.07, 6.45) is -24.1. The summed E-state index contributed by atoms with van der Waals surface area (Å²) in [5.74, 6) is -25.2. The lowest BCUT2D eigenvalue weighted by Crippen LogP contribution is -2.79. The van der Waals surface area contributed by atoms with Crippen LogP contribution in [0.2, 0.25) is 0 Å². The number of rotatable bonds is 10. The molecule has 22 heteroatoms. The molecule has 0 saturated heterocycles. The van der Waals surface area contributed by atoms with Crippen LogP contribution in [0.4, 0.5) is 87.8 Å². The van der Waals surface area contributed by atoms with Crippen LogP contribution in [0.3, 0.4) is 0 Å². The fraction of sp³-hybridized carbons (Fsp3) is 1.00. The molecule has 0 unspecified atom stereocenters. The summed E-state index contributed by atoms with van der Waals surface area (Å²) < 4.78 is 264. The molecule has 0 N–H and O–H groups in total. The van der Waals surface area contributed by atoms with Gasteiger partial charge in [0.15, 0.2) is 0 Å². The van der Waals surface area contributed by atoms with Crippen LogP contribution >= 0.6 is 0 Å². The summed E-state index contributed by atoms with van der Waals surface area (Å²) in [6.45, 7) is -1.06. The van der Waals surface area contributed by atoms with E-state index in [1.807, 2.05) is 0 Å². The van der Waals surface area contributed by atoms with E-state index in [-0.39, 0.29) is 0 Å². The minimum Gasteiger partial charge on any atom is -0.315 e. The number of hydrogen-bond donors (Lipinski definition) is 0. The van der Waals surface area contributed by atoms with Gasteiger partial charge in [0.2, 0.25) is 0 Å². The molecule has 2 nitrogen and oxygen atoms in total. The molecule has 0 aliphatic heterocycles. The van der Waals surface area contributed by atoms with Crippen LogP contribution < -0.4 is 0 Å². The first kappa shape index (κ1) is 32.5. The van der Waals surface area contributed by atoms with Gasteiger partial charge in [-0.2, -0.15) is 87.8 Å². The second kappa shape index (κ2) is 8.57. The minimum absolute atomic E-state index is 0.745. The zero-order chi connectivity index (χ0) is 28.2. The van der Waals surface area contributed by atoms with Gasteiger partial charge in [-0.15, -0.1) is 4.90 Å². The average Bonchev–Trinajstić information content (AvgIpc) is 2.56. The summed E-state index contributed by atoms with van der Waals surface area (Å²) in [7, 11) is 0. The van der Waals surface area contributed by atoms with E-state index in [4.69, 9.17) is 0 Å². The number of ether oxygens (including phenoxy) is 1. The van der Waals surface area contributed by atoms with Crippen LogP contribution in [0, 0.1) is 0 Å². The van der Waals surface area contributed by atoms with E-state index in [1.165, 1.54) is 0 Å². The number of alkyl halides is 20. The van der Waals surface area contributed by atoms with Crippen molar-refractivity contribution in [1.29, 1.82) is 0 Å². The Labute approximate surface area is 173 Å². The molecule has 0 aromatic carbocycles. The summed E-state index contributed by atoms with van der Waals surface area (Å²) >= 11 is 0. The van der Waals surface area contributed by atoms with E-state index >= 15 is 0 Å². The molecule has 206 valence electrons. The zero-order valence-electron chi connectivity index (χ0n) is 15.3. The minimum atomic E-state index is -8.86. The molecule has 0 radical (unpaired) electrons. The summed E-state index contributed by atoms with van der Waals surface area (Å²) in [6, 6.07) is -26.4. The highest BCUT2D eigenvalue weighted by Crippen LogP contribution is 2.62. The van der Waals surface area contributed by atoms with Crippen molar-refractivity contribution in [3.63, 3.8) is 0 Å². The lowest BCUT2D eigenvalue weighted by molar-refractivity contribution is -0.526. The predicted octanol–water partition coefficient (Wildman–Crippen LogP) is 7.12. The van der Waals surface area contributed by atoms with Crippen LogP contribution in [0.5, 0.6) is 0 Å². The van der Waals surface area contributed by atoms with Crippen molar-refractivity contribution in [2.75, 3.05) is 6.61 Å². The van der Waals surface area contributed by atoms with Crippen LogP contribution in [-0.2, 0) is 4.74 Å². The first-order valence-electron chi connectivity index (χ1n) is 7.65. The van der Waals surface area contributed by atoms with Crippen molar-refractivity contribution >= 4 is 0 Å². The average molecular weight is 561 g/mol. The molecule has 0 fully saturated rings. The van der Waals surface area contributed by atoms with Gasteiger partial charge >= 0.3 is 54.4 Å². The van der Waals surface area contributed by atoms with Gasteiger partial charge in [-0.3, -0.25) is 0 Å². The molecule has 0 aliphatic carbocycles. The van der Waals surface area contributed by atoms with Crippen molar-refractivity contribution in [2.45, 2.75) is 67.7 Å². The fourth-order valence-electron chi connectivity index (χ4n) is 1.79. The summed E-state index contributed by atoms with van der Waals surface area (Å²) in [5, 5.41) is 0. The van der Waals surface area contributed by atoms with Crippen molar-refractivity contribution in [2.24, 2.45) is 0 Å².